The van der Waals surface area contributed by atoms with Gasteiger partial charge in [0.15, 0.2) is 0 Å². The third-order valence-corrected chi connectivity index (χ3v) is 8.10. The number of pyridine rings is 1. The predicted octanol–water partition coefficient (Wildman–Crippen LogP) is 5.28. The number of nitrogens with two attached hydrogens (primary N) is 1. The van der Waals surface area contributed by atoms with Crippen LogP contribution in [0.4, 0.5) is 27.6 Å². The smallest absolute Gasteiger partial charge is 0.424 e. The Kier molecular flexibility index (Phi) is 8.84. The van der Waals surface area contributed by atoms with Crippen molar-refractivity contribution in [1.29, 1.82) is 0 Å². The van der Waals surface area contributed by atoms with Crippen LogP contribution < -0.4 is 20.5 Å². The molecule has 2 amide bonds. The van der Waals surface area contributed by atoms with E-state index in [2.05, 4.69) is 21.9 Å². The Bertz CT molecular complexity index is 1770. The van der Waals surface area contributed by atoms with Gasteiger partial charge in [0.05, 0.1) is 18.3 Å². The number of amides is 2. The number of fused-ring (bicyclic) bond motifs is 1. The summed E-state index contributed by atoms with van der Waals surface area (Å²) in [7, 11) is 0. The van der Waals surface area contributed by atoms with E-state index in [9.17, 15) is 36.6 Å². The van der Waals surface area contributed by atoms with Crippen molar-refractivity contribution in [2.45, 2.75) is 50.0 Å². The largest absolute Gasteiger partial charge is 0.489 e. The van der Waals surface area contributed by atoms with Crippen molar-refractivity contribution < 1.29 is 46.1 Å². The van der Waals surface area contributed by atoms with Crippen LogP contribution in [-0.4, -0.2) is 59.7 Å². The third kappa shape index (κ3) is 6.29. The number of aliphatic hydroxyl groups is 1. The van der Waals surface area contributed by atoms with Crippen molar-refractivity contribution in [3.05, 3.63) is 83.3 Å². The molecule has 248 valence electrons. The molecule has 0 spiro atoms. The number of rotatable bonds is 11. The van der Waals surface area contributed by atoms with Gasteiger partial charge in [0.2, 0.25) is 11.5 Å². The zero-order valence-electron chi connectivity index (χ0n) is 25.4. The zero-order valence-corrected chi connectivity index (χ0v) is 25.4. The van der Waals surface area contributed by atoms with Crippen LogP contribution in [0.1, 0.15) is 46.9 Å². The number of carbonyl (C=O) groups is 2. The van der Waals surface area contributed by atoms with Crippen LogP contribution in [0, 0.1) is 12.7 Å². The molecule has 14 heteroatoms. The van der Waals surface area contributed by atoms with Crippen molar-refractivity contribution >= 4 is 23.2 Å². The number of hydrogen-bond donors (Lipinski definition) is 3. The second-order valence-corrected chi connectivity index (χ2v) is 11.6. The summed E-state index contributed by atoms with van der Waals surface area (Å²) in [6, 6.07) is 7.85. The van der Waals surface area contributed by atoms with Crippen LogP contribution in [0.15, 0.2) is 60.1 Å². The van der Waals surface area contributed by atoms with E-state index < -0.39 is 60.3 Å². The van der Waals surface area contributed by atoms with Crippen molar-refractivity contribution in [3.8, 4) is 22.8 Å². The molecule has 0 saturated heterocycles. The first-order valence-electron chi connectivity index (χ1n) is 14.5. The quantitative estimate of drug-likeness (QED) is 0.190. The van der Waals surface area contributed by atoms with E-state index in [0.717, 1.165) is 25.0 Å². The highest BCUT2D eigenvalue weighted by molar-refractivity contribution is 5.98. The topological polar surface area (TPSA) is 136 Å². The summed E-state index contributed by atoms with van der Waals surface area (Å²) in [5.41, 5.74) is -0.869. The first-order chi connectivity index (χ1) is 22.1. The van der Waals surface area contributed by atoms with Gasteiger partial charge in [0.1, 0.15) is 47.4 Å². The first-order valence-corrected chi connectivity index (χ1v) is 14.5. The second kappa shape index (κ2) is 12.4. The predicted molar refractivity (Wildman–Crippen MR) is 162 cm³/mol. The number of nitrogens with one attached hydrogen (secondary N) is 1. The number of aromatic nitrogens is 1. The second-order valence-electron chi connectivity index (χ2n) is 11.6. The minimum Gasteiger partial charge on any atom is -0.489 e. The molecule has 47 heavy (non-hydrogen) atoms. The normalized spacial score (nSPS) is 18.9. The molecular weight excluding hydrogens is 627 g/mol. The molecule has 1 aliphatic heterocycles. The summed E-state index contributed by atoms with van der Waals surface area (Å²) in [6.07, 6.45) is -2.45. The number of alkyl halides is 4. The fourth-order valence-electron chi connectivity index (χ4n) is 5.05. The highest BCUT2D eigenvalue weighted by Gasteiger charge is 2.58. The number of carbonyl (C=O) groups excluding carboxylic acids is 2. The molecule has 5 rings (SSSR count). The Hall–Kier alpha value is -4.85. The van der Waals surface area contributed by atoms with E-state index in [-0.39, 0.29) is 40.0 Å². The highest BCUT2D eigenvalue weighted by Crippen LogP contribution is 2.48. The minimum atomic E-state index is -5.46. The van der Waals surface area contributed by atoms with Gasteiger partial charge in [-0.1, -0.05) is 6.58 Å². The number of allylic oxidation sites excluding steroid dienone is 1. The van der Waals surface area contributed by atoms with E-state index in [4.69, 9.17) is 15.2 Å². The maximum Gasteiger partial charge on any atom is 0.424 e. The van der Waals surface area contributed by atoms with E-state index in [1.54, 1.807) is 13.8 Å². The van der Waals surface area contributed by atoms with E-state index >= 15 is 0 Å². The lowest BCUT2D eigenvalue weighted by Gasteiger charge is -2.31. The monoisotopic (exact) mass is 658 g/mol. The number of ether oxygens (including phenoxy) is 2. The molecule has 3 aromatic rings. The Balaban J connectivity index is 1.57. The summed E-state index contributed by atoms with van der Waals surface area (Å²) in [5.74, 6) is -2.86. The van der Waals surface area contributed by atoms with Crippen molar-refractivity contribution in [3.63, 3.8) is 0 Å². The average molecular weight is 659 g/mol. The van der Waals surface area contributed by atoms with Gasteiger partial charge in [-0.25, -0.2) is 18.8 Å². The van der Waals surface area contributed by atoms with Crippen LogP contribution in [0.5, 0.6) is 11.5 Å². The van der Waals surface area contributed by atoms with Gasteiger partial charge >= 0.3 is 6.18 Å². The Labute approximate surface area is 266 Å². The number of aryl methyl sites for hydroxylation is 1. The molecule has 0 radical (unpaired) electrons. The number of benzene rings is 2. The van der Waals surface area contributed by atoms with Gasteiger partial charge in [0.25, 0.3) is 5.91 Å². The Morgan fingerprint density at radius 1 is 1.23 bits per heavy atom. The number of primary amides is 1. The lowest BCUT2D eigenvalue weighted by Crippen LogP contribution is -2.52. The van der Waals surface area contributed by atoms with Gasteiger partial charge in [-0.15, -0.1) is 0 Å². The van der Waals surface area contributed by atoms with E-state index in [0.29, 0.717) is 23.0 Å². The van der Waals surface area contributed by atoms with Crippen molar-refractivity contribution in [2.24, 2.45) is 10.7 Å². The molecule has 1 aromatic heterocycles. The Morgan fingerprint density at radius 3 is 2.49 bits per heavy atom. The van der Waals surface area contributed by atoms with Crippen molar-refractivity contribution in [2.75, 3.05) is 19.8 Å². The summed E-state index contributed by atoms with van der Waals surface area (Å²) in [5, 5.41) is 13.4. The molecule has 1 unspecified atom stereocenters. The van der Waals surface area contributed by atoms with Crippen LogP contribution in [0.25, 0.3) is 11.3 Å². The SMILES string of the molecule is C=C/C(C)=N\c1c(C)cc(C(=O)NCC(O)(c2cc3c(c(-c4ccc(F)cc4)n2)OC[C@]3(CF)C(N)=O)C(F)(F)F)cc1OC1CC1. The molecule has 1 aliphatic carbocycles. The van der Waals surface area contributed by atoms with Crippen LogP contribution in [0.2, 0.25) is 0 Å². The van der Waals surface area contributed by atoms with Crippen molar-refractivity contribution in [1.82, 2.24) is 10.3 Å². The van der Waals surface area contributed by atoms with Crippen LogP contribution in [-0.2, 0) is 15.8 Å². The maximum absolute atomic E-state index is 14.8. The lowest BCUT2D eigenvalue weighted by atomic mass is 9.81. The van der Waals surface area contributed by atoms with Gasteiger partial charge in [-0.2, -0.15) is 13.2 Å². The van der Waals surface area contributed by atoms with E-state index in [1.165, 1.54) is 30.3 Å². The molecule has 4 N–H and O–H groups in total. The molecule has 2 heterocycles. The summed E-state index contributed by atoms with van der Waals surface area (Å²) in [4.78, 5) is 34.2. The fraction of sp³-hybridized carbons (Fsp3) is 0.333. The molecule has 1 saturated carbocycles. The third-order valence-electron chi connectivity index (χ3n) is 8.10. The van der Waals surface area contributed by atoms with Gasteiger partial charge in [-0.05, 0) is 80.8 Å². The number of aliphatic imine (C=N–C) groups is 1. The summed E-state index contributed by atoms with van der Waals surface area (Å²) >= 11 is 0. The maximum atomic E-state index is 14.8. The lowest BCUT2D eigenvalue weighted by molar-refractivity contribution is -0.265. The summed E-state index contributed by atoms with van der Waals surface area (Å²) in [6.45, 7) is 3.53. The van der Waals surface area contributed by atoms with Gasteiger partial charge in [-0.3, -0.25) is 9.59 Å². The average Bonchev–Trinajstić information content (AvgIpc) is 3.76. The van der Waals surface area contributed by atoms with E-state index in [1.807, 2.05) is 0 Å². The number of nitrogens with zero attached hydrogens (tertiary/aromatic N) is 2. The molecule has 0 bridgehead atoms. The molecule has 2 aromatic carbocycles. The Morgan fingerprint density at radius 2 is 1.91 bits per heavy atom. The first kappa shape index (κ1) is 33.5. The van der Waals surface area contributed by atoms with Crippen LogP contribution in [0.3, 0.4) is 0 Å². The number of halogens is 5. The van der Waals surface area contributed by atoms with Gasteiger partial charge in [0, 0.05) is 22.4 Å². The fourth-order valence-corrected chi connectivity index (χ4v) is 5.05. The number of hydrogen-bond acceptors (Lipinski definition) is 7. The minimum absolute atomic E-state index is 0.0466. The van der Waals surface area contributed by atoms with Crippen LogP contribution >= 0.6 is 0 Å². The standard InChI is InChI=1S/C33H31F5N4O5/c1-4-18(3)41-26-17(2)11-20(12-24(26)47-22-9-10-22)29(43)40-15-32(45,33(36,37)38)25-13-23-28(46-16-31(23,14-34)30(39)44)27(42-25)19-5-7-21(35)8-6-19/h4-8,11-13,22,45H,1,9-10,14-16H2,2-3H3,(H2,39,44)(H,40,43)/b41-18-/t31-,32?/m0/s1. The highest BCUT2D eigenvalue weighted by atomic mass is 19.4. The molecule has 9 nitrogen and oxygen atoms in total. The molecular formula is C33H31F5N4O5. The molecule has 2 atom stereocenters. The van der Waals surface area contributed by atoms with Gasteiger partial charge < -0.3 is 25.6 Å². The zero-order chi connectivity index (χ0) is 34.3. The molecule has 1 fully saturated rings. The molecule has 2 aliphatic rings. The summed E-state index contributed by atoms with van der Waals surface area (Å²) < 4.78 is 83.9.